The van der Waals surface area contributed by atoms with E-state index in [4.69, 9.17) is 0 Å². The Morgan fingerprint density at radius 3 is 2.81 bits per heavy atom. The molecule has 1 aliphatic carbocycles. The number of amides is 1. The summed E-state index contributed by atoms with van der Waals surface area (Å²) in [5.74, 6) is 0.382. The van der Waals surface area contributed by atoms with Crippen molar-refractivity contribution in [2.45, 2.75) is 29.6 Å². The van der Waals surface area contributed by atoms with E-state index in [1.54, 1.807) is 0 Å². The van der Waals surface area contributed by atoms with Crippen LogP contribution in [-0.2, 0) is 11.2 Å². The highest BCUT2D eigenvalue weighted by Gasteiger charge is 2.21. The summed E-state index contributed by atoms with van der Waals surface area (Å²) in [6.07, 6.45) is 3.21. The number of thioether (sulfide) groups is 1. The van der Waals surface area contributed by atoms with Gasteiger partial charge in [-0.05, 0) is 42.5 Å². The van der Waals surface area contributed by atoms with Crippen molar-refractivity contribution in [3.05, 3.63) is 65.7 Å². The minimum atomic E-state index is 0.0365. The molecule has 1 aromatic heterocycles. The average Bonchev–Trinajstić information content (AvgIpc) is 3.15. The van der Waals surface area contributed by atoms with Crippen LogP contribution in [0.25, 0.3) is 0 Å². The Balaban J connectivity index is 1.30. The second-order valence-electron chi connectivity index (χ2n) is 6.36. The predicted octanol–water partition coefficient (Wildman–Crippen LogP) is 4.57. The van der Waals surface area contributed by atoms with Gasteiger partial charge in [-0.15, -0.1) is 10.2 Å². The molecule has 3 aromatic rings. The van der Waals surface area contributed by atoms with E-state index in [9.17, 15) is 4.79 Å². The third-order valence-corrected chi connectivity index (χ3v) is 6.43. The number of carbonyl (C=O) groups excluding carboxylic acids is 1. The lowest BCUT2D eigenvalue weighted by Gasteiger charge is -2.26. The largest absolute Gasteiger partial charge is 0.349 e. The van der Waals surface area contributed by atoms with Gasteiger partial charge in [-0.2, -0.15) is 0 Å². The Morgan fingerprint density at radius 2 is 1.93 bits per heavy atom. The first kappa shape index (κ1) is 18.0. The summed E-state index contributed by atoms with van der Waals surface area (Å²) in [5, 5.41) is 15.4. The summed E-state index contributed by atoms with van der Waals surface area (Å²) in [6.45, 7) is 0. The fourth-order valence-electron chi connectivity index (χ4n) is 3.23. The first-order valence-electron chi connectivity index (χ1n) is 8.93. The maximum absolute atomic E-state index is 12.4. The van der Waals surface area contributed by atoms with Crippen LogP contribution in [0.15, 0.2) is 58.9 Å². The lowest BCUT2D eigenvalue weighted by molar-refractivity contribution is -0.119. The number of para-hydroxylation sites is 1. The van der Waals surface area contributed by atoms with E-state index in [0.717, 1.165) is 34.4 Å². The molecule has 1 heterocycles. The Labute approximate surface area is 166 Å². The summed E-state index contributed by atoms with van der Waals surface area (Å²) in [5.41, 5.74) is 3.58. The molecule has 0 saturated carbocycles. The van der Waals surface area contributed by atoms with Gasteiger partial charge >= 0.3 is 0 Å². The second kappa shape index (κ2) is 8.54. The number of hydrogen-bond acceptors (Lipinski definition) is 6. The van der Waals surface area contributed by atoms with Crippen LogP contribution < -0.4 is 10.6 Å². The van der Waals surface area contributed by atoms with Gasteiger partial charge < -0.3 is 10.6 Å². The van der Waals surface area contributed by atoms with Crippen LogP contribution in [-0.4, -0.2) is 21.9 Å². The zero-order valence-electron chi connectivity index (χ0n) is 14.7. The topological polar surface area (TPSA) is 66.9 Å². The summed E-state index contributed by atoms with van der Waals surface area (Å²) >= 11 is 2.88. The Bertz CT molecular complexity index is 913. The second-order valence-corrected chi connectivity index (χ2v) is 8.56. The molecule has 27 heavy (non-hydrogen) atoms. The van der Waals surface area contributed by atoms with E-state index in [2.05, 4.69) is 39.0 Å². The molecule has 0 aliphatic heterocycles. The maximum Gasteiger partial charge on any atom is 0.230 e. The SMILES string of the molecule is O=C(CSc1nnc(Nc2ccccc2)s1)N[C@@H]1CCCc2ccccc21. The summed E-state index contributed by atoms with van der Waals surface area (Å²) in [6, 6.07) is 18.4. The van der Waals surface area contributed by atoms with Crippen molar-refractivity contribution >= 4 is 39.8 Å². The first-order chi connectivity index (χ1) is 13.3. The third-order valence-electron chi connectivity index (χ3n) is 4.46. The van der Waals surface area contributed by atoms with Gasteiger partial charge in [0.15, 0.2) is 4.34 Å². The minimum Gasteiger partial charge on any atom is -0.349 e. The van der Waals surface area contributed by atoms with Crippen molar-refractivity contribution in [1.29, 1.82) is 0 Å². The number of aryl methyl sites for hydroxylation is 1. The van der Waals surface area contributed by atoms with Gasteiger partial charge in [0.25, 0.3) is 0 Å². The maximum atomic E-state index is 12.4. The summed E-state index contributed by atoms with van der Waals surface area (Å²) < 4.78 is 0.785. The Morgan fingerprint density at radius 1 is 1.11 bits per heavy atom. The van der Waals surface area contributed by atoms with E-state index >= 15 is 0 Å². The van der Waals surface area contributed by atoms with Crippen molar-refractivity contribution in [1.82, 2.24) is 15.5 Å². The van der Waals surface area contributed by atoms with E-state index in [1.165, 1.54) is 34.2 Å². The van der Waals surface area contributed by atoms with Crippen LogP contribution in [0.1, 0.15) is 30.0 Å². The van der Waals surface area contributed by atoms with Crippen LogP contribution in [0.2, 0.25) is 0 Å². The summed E-state index contributed by atoms with van der Waals surface area (Å²) in [7, 11) is 0. The predicted molar refractivity (Wildman–Crippen MR) is 111 cm³/mol. The molecule has 2 aromatic carbocycles. The highest BCUT2D eigenvalue weighted by molar-refractivity contribution is 8.01. The molecule has 7 heteroatoms. The molecular formula is C20H20N4OS2. The number of anilines is 2. The molecule has 0 saturated heterocycles. The molecule has 0 unspecified atom stereocenters. The molecule has 0 fully saturated rings. The van der Waals surface area contributed by atoms with Crippen LogP contribution in [0, 0.1) is 0 Å². The van der Waals surface area contributed by atoms with E-state index in [0.29, 0.717) is 5.75 Å². The Hall–Kier alpha value is -2.38. The fourth-order valence-corrected chi connectivity index (χ4v) is 4.81. The van der Waals surface area contributed by atoms with Gasteiger partial charge in [0.05, 0.1) is 11.8 Å². The summed E-state index contributed by atoms with van der Waals surface area (Å²) in [4.78, 5) is 12.4. The van der Waals surface area contributed by atoms with Crippen molar-refractivity contribution < 1.29 is 4.79 Å². The number of fused-ring (bicyclic) bond motifs is 1. The zero-order valence-corrected chi connectivity index (χ0v) is 16.4. The third kappa shape index (κ3) is 4.67. The zero-order chi connectivity index (χ0) is 18.5. The number of nitrogens with zero attached hydrogens (tertiary/aromatic N) is 2. The van der Waals surface area contributed by atoms with Gasteiger partial charge in [-0.25, -0.2) is 0 Å². The number of hydrogen-bond donors (Lipinski definition) is 2. The van der Waals surface area contributed by atoms with Crippen LogP contribution in [0.4, 0.5) is 10.8 Å². The van der Waals surface area contributed by atoms with Crippen LogP contribution in [0.3, 0.4) is 0 Å². The molecule has 0 bridgehead atoms. The fraction of sp³-hybridized carbons (Fsp3) is 0.250. The van der Waals surface area contributed by atoms with E-state index in [-0.39, 0.29) is 11.9 Å². The van der Waals surface area contributed by atoms with Crippen molar-refractivity contribution in [3.8, 4) is 0 Å². The molecule has 5 nitrogen and oxygen atoms in total. The normalized spacial score (nSPS) is 15.8. The minimum absolute atomic E-state index is 0.0365. The molecule has 1 aliphatic rings. The van der Waals surface area contributed by atoms with E-state index in [1.807, 2.05) is 36.4 Å². The first-order valence-corrected chi connectivity index (χ1v) is 10.7. The van der Waals surface area contributed by atoms with E-state index < -0.39 is 0 Å². The molecule has 138 valence electrons. The van der Waals surface area contributed by atoms with Crippen molar-refractivity contribution in [3.63, 3.8) is 0 Å². The smallest absolute Gasteiger partial charge is 0.230 e. The van der Waals surface area contributed by atoms with Gasteiger partial charge in [0, 0.05) is 5.69 Å². The van der Waals surface area contributed by atoms with Gasteiger partial charge in [-0.1, -0.05) is 65.6 Å². The number of carbonyl (C=O) groups is 1. The van der Waals surface area contributed by atoms with Crippen molar-refractivity contribution in [2.24, 2.45) is 0 Å². The number of nitrogens with one attached hydrogen (secondary N) is 2. The lowest BCUT2D eigenvalue weighted by atomic mass is 9.88. The molecule has 4 rings (SSSR count). The Kier molecular flexibility index (Phi) is 5.69. The van der Waals surface area contributed by atoms with Gasteiger partial charge in [0.1, 0.15) is 0 Å². The molecule has 2 N–H and O–H groups in total. The van der Waals surface area contributed by atoms with Gasteiger partial charge in [-0.3, -0.25) is 4.79 Å². The van der Waals surface area contributed by atoms with Crippen LogP contribution in [0.5, 0.6) is 0 Å². The average molecular weight is 397 g/mol. The number of rotatable bonds is 6. The quantitative estimate of drug-likeness (QED) is 0.598. The highest BCUT2D eigenvalue weighted by atomic mass is 32.2. The standard InChI is InChI=1S/C20H20N4OS2/c25-18(22-17-12-6-8-14-7-4-5-11-16(14)17)13-26-20-24-23-19(27-20)21-15-9-2-1-3-10-15/h1-5,7,9-11,17H,6,8,12-13H2,(H,21,23)(H,22,25)/t17-/m1/s1. The lowest BCUT2D eigenvalue weighted by Crippen LogP contribution is -2.32. The molecule has 1 atom stereocenters. The monoisotopic (exact) mass is 396 g/mol. The molecule has 0 radical (unpaired) electrons. The number of aromatic nitrogens is 2. The number of benzene rings is 2. The van der Waals surface area contributed by atoms with Crippen LogP contribution >= 0.6 is 23.1 Å². The van der Waals surface area contributed by atoms with Gasteiger partial charge in [0.2, 0.25) is 11.0 Å². The molecule has 1 amide bonds. The molecule has 0 spiro atoms. The van der Waals surface area contributed by atoms with Crippen molar-refractivity contribution in [2.75, 3.05) is 11.1 Å². The highest BCUT2D eigenvalue weighted by Crippen LogP contribution is 2.30. The molecular weight excluding hydrogens is 376 g/mol.